The number of hydrogen-bond acceptors (Lipinski definition) is 4. The number of aliphatic carboxylic acids is 1. The lowest BCUT2D eigenvalue weighted by molar-refractivity contribution is -0.137. The van der Waals surface area contributed by atoms with Gasteiger partial charge in [-0.2, -0.15) is 0 Å². The van der Waals surface area contributed by atoms with Crippen LogP contribution in [0.25, 0.3) is 11.3 Å². The number of hydrogen-bond donors (Lipinski definition) is 1. The number of thiazole rings is 1. The molecule has 0 spiro atoms. The van der Waals surface area contributed by atoms with Crippen LogP contribution in [0.4, 0.5) is 0 Å². The van der Waals surface area contributed by atoms with E-state index in [0.717, 1.165) is 21.8 Å². The van der Waals surface area contributed by atoms with Crippen LogP contribution in [0.5, 0.6) is 5.75 Å². The van der Waals surface area contributed by atoms with E-state index in [1.165, 1.54) is 4.57 Å². The molecule has 0 unspecified atom stereocenters. The van der Waals surface area contributed by atoms with E-state index >= 15 is 0 Å². The monoisotopic (exact) mass is 279 g/mol. The molecule has 1 aromatic heterocycles. The molecule has 0 radical (unpaired) electrons. The summed E-state index contributed by atoms with van der Waals surface area (Å²) < 4.78 is 6.36. The molecular formula is C13H13NO4S. The average Bonchev–Trinajstić information content (AvgIpc) is 2.64. The molecule has 2 rings (SSSR count). The Morgan fingerprint density at radius 3 is 2.53 bits per heavy atom. The molecule has 2 aromatic rings. The van der Waals surface area contributed by atoms with Gasteiger partial charge in [0.25, 0.3) is 0 Å². The number of ether oxygens (including phenoxy) is 1. The third-order valence-corrected chi connectivity index (χ3v) is 3.62. The van der Waals surface area contributed by atoms with Gasteiger partial charge < -0.3 is 9.84 Å². The summed E-state index contributed by atoms with van der Waals surface area (Å²) in [5.41, 5.74) is 1.46. The van der Waals surface area contributed by atoms with Crippen molar-refractivity contribution in [3.8, 4) is 17.0 Å². The standard InChI is InChI=1S/C13H13NO4S/c1-8-12(9-3-5-10(18-2)6-4-9)14(7-11(15)16)13(17)19-8/h3-6H,7H2,1-2H3,(H,15,16). The molecule has 100 valence electrons. The molecule has 19 heavy (non-hydrogen) atoms. The summed E-state index contributed by atoms with van der Waals surface area (Å²) in [6, 6.07) is 7.18. The number of carbonyl (C=O) groups is 1. The van der Waals surface area contributed by atoms with Crippen LogP contribution in [0, 0.1) is 6.92 Å². The zero-order chi connectivity index (χ0) is 14.0. The summed E-state index contributed by atoms with van der Waals surface area (Å²) in [5.74, 6) is -0.321. The Kier molecular flexibility index (Phi) is 3.71. The lowest BCUT2D eigenvalue weighted by atomic mass is 10.1. The Morgan fingerprint density at radius 2 is 2.00 bits per heavy atom. The van der Waals surface area contributed by atoms with Crippen molar-refractivity contribution in [2.75, 3.05) is 7.11 Å². The first-order valence-corrected chi connectivity index (χ1v) is 6.41. The molecule has 6 heteroatoms. The smallest absolute Gasteiger partial charge is 0.323 e. The van der Waals surface area contributed by atoms with Crippen LogP contribution in [0.2, 0.25) is 0 Å². The fourth-order valence-electron chi connectivity index (χ4n) is 1.90. The molecule has 1 aromatic carbocycles. The summed E-state index contributed by atoms with van der Waals surface area (Å²) in [4.78, 5) is 23.2. The van der Waals surface area contributed by atoms with Gasteiger partial charge in [0.15, 0.2) is 0 Å². The zero-order valence-electron chi connectivity index (χ0n) is 10.5. The quantitative estimate of drug-likeness (QED) is 0.929. The largest absolute Gasteiger partial charge is 0.497 e. The Morgan fingerprint density at radius 1 is 1.37 bits per heavy atom. The fraction of sp³-hybridized carbons (Fsp3) is 0.231. The molecule has 1 heterocycles. The van der Waals surface area contributed by atoms with E-state index in [9.17, 15) is 9.59 Å². The number of rotatable bonds is 4. The first-order chi connectivity index (χ1) is 9.02. The van der Waals surface area contributed by atoms with Gasteiger partial charge in [-0.3, -0.25) is 14.2 Å². The summed E-state index contributed by atoms with van der Waals surface area (Å²) in [5, 5.41) is 8.88. The summed E-state index contributed by atoms with van der Waals surface area (Å²) >= 11 is 1.06. The van der Waals surface area contributed by atoms with E-state index < -0.39 is 5.97 Å². The molecule has 5 nitrogen and oxygen atoms in total. The molecule has 0 saturated carbocycles. The second kappa shape index (κ2) is 5.27. The van der Waals surface area contributed by atoms with Gasteiger partial charge in [0.1, 0.15) is 12.3 Å². The minimum atomic E-state index is -1.03. The van der Waals surface area contributed by atoms with E-state index in [-0.39, 0.29) is 11.4 Å². The van der Waals surface area contributed by atoms with Crippen molar-refractivity contribution < 1.29 is 14.6 Å². The number of aryl methyl sites for hydroxylation is 1. The second-order valence-electron chi connectivity index (χ2n) is 3.98. The Bertz CT molecular complexity index is 654. The minimum absolute atomic E-state index is 0.259. The van der Waals surface area contributed by atoms with Crippen LogP contribution >= 0.6 is 11.3 Å². The Hall–Kier alpha value is -2.08. The van der Waals surface area contributed by atoms with Crippen LogP contribution in [-0.2, 0) is 11.3 Å². The van der Waals surface area contributed by atoms with Crippen LogP contribution in [0.15, 0.2) is 29.1 Å². The number of carboxylic acid groups (broad SMARTS) is 1. The lowest BCUT2D eigenvalue weighted by Crippen LogP contribution is -2.19. The minimum Gasteiger partial charge on any atom is -0.497 e. The maximum absolute atomic E-state index is 11.8. The van der Waals surface area contributed by atoms with Gasteiger partial charge in [-0.1, -0.05) is 11.3 Å². The van der Waals surface area contributed by atoms with E-state index in [1.807, 2.05) is 19.1 Å². The highest BCUT2D eigenvalue weighted by molar-refractivity contribution is 7.09. The third-order valence-electron chi connectivity index (χ3n) is 2.72. The van der Waals surface area contributed by atoms with Crippen molar-refractivity contribution in [3.63, 3.8) is 0 Å². The maximum atomic E-state index is 11.8. The van der Waals surface area contributed by atoms with Gasteiger partial charge in [-0.05, 0) is 36.8 Å². The van der Waals surface area contributed by atoms with Gasteiger partial charge in [-0.15, -0.1) is 0 Å². The molecule has 0 bridgehead atoms. The number of aromatic nitrogens is 1. The van der Waals surface area contributed by atoms with E-state index in [0.29, 0.717) is 11.4 Å². The van der Waals surface area contributed by atoms with Crippen LogP contribution in [0.3, 0.4) is 0 Å². The lowest BCUT2D eigenvalue weighted by Gasteiger charge is -2.07. The maximum Gasteiger partial charge on any atom is 0.323 e. The number of benzene rings is 1. The summed E-state index contributed by atoms with van der Waals surface area (Å²) in [7, 11) is 1.57. The average molecular weight is 279 g/mol. The first kappa shape index (κ1) is 13.4. The predicted octanol–water partition coefficient (Wildman–Crippen LogP) is 1.98. The normalized spacial score (nSPS) is 10.4. The zero-order valence-corrected chi connectivity index (χ0v) is 11.4. The predicted molar refractivity (Wildman–Crippen MR) is 72.9 cm³/mol. The van der Waals surface area contributed by atoms with Gasteiger partial charge in [0.05, 0.1) is 12.8 Å². The van der Waals surface area contributed by atoms with Crippen molar-refractivity contribution in [2.24, 2.45) is 0 Å². The van der Waals surface area contributed by atoms with Crippen molar-refractivity contribution in [2.45, 2.75) is 13.5 Å². The summed E-state index contributed by atoms with van der Waals surface area (Å²) in [6.45, 7) is 1.48. The van der Waals surface area contributed by atoms with Crippen molar-refractivity contribution in [3.05, 3.63) is 38.8 Å². The molecule has 0 fully saturated rings. The van der Waals surface area contributed by atoms with Crippen LogP contribution in [0.1, 0.15) is 4.88 Å². The van der Waals surface area contributed by atoms with Crippen molar-refractivity contribution >= 4 is 17.3 Å². The van der Waals surface area contributed by atoms with Crippen LogP contribution < -0.4 is 9.61 Å². The van der Waals surface area contributed by atoms with Gasteiger partial charge in [-0.25, -0.2) is 0 Å². The van der Waals surface area contributed by atoms with E-state index in [1.54, 1.807) is 19.2 Å². The molecule has 0 aliphatic rings. The topological polar surface area (TPSA) is 68.5 Å². The number of nitrogens with zero attached hydrogens (tertiary/aromatic N) is 1. The molecule has 0 saturated heterocycles. The highest BCUT2D eigenvalue weighted by atomic mass is 32.1. The molecule has 0 atom stereocenters. The summed E-state index contributed by atoms with van der Waals surface area (Å²) in [6.07, 6.45) is 0. The fourth-order valence-corrected chi connectivity index (χ4v) is 2.76. The second-order valence-corrected chi connectivity index (χ2v) is 5.15. The van der Waals surface area contributed by atoms with Gasteiger partial charge in [0, 0.05) is 4.88 Å². The van der Waals surface area contributed by atoms with E-state index in [2.05, 4.69) is 0 Å². The Labute approximate surface area is 113 Å². The van der Waals surface area contributed by atoms with Crippen molar-refractivity contribution in [1.29, 1.82) is 0 Å². The molecule has 0 aliphatic carbocycles. The van der Waals surface area contributed by atoms with Gasteiger partial charge in [0.2, 0.25) is 0 Å². The highest BCUT2D eigenvalue weighted by Crippen LogP contribution is 2.26. The van der Waals surface area contributed by atoms with E-state index in [4.69, 9.17) is 9.84 Å². The van der Waals surface area contributed by atoms with Crippen LogP contribution in [-0.4, -0.2) is 22.8 Å². The molecule has 0 amide bonds. The molecular weight excluding hydrogens is 266 g/mol. The first-order valence-electron chi connectivity index (χ1n) is 5.59. The number of carboxylic acids is 1. The SMILES string of the molecule is COc1ccc(-c2c(C)sc(=O)n2CC(=O)O)cc1. The van der Waals surface area contributed by atoms with Gasteiger partial charge >= 0.3 is 10.8 Å². The molecule has 0 aliphatic heterocycles. The molecule has 1 N–H and O–H groups in total. The van der Waals surface area contributed by atoms with Crippen molar-refractivity contribution in [1.82, 2.24) is 4.57 Å². The Balaban J connectivity index is 2.53. The highest BCUT2D eigenvalue weighted by Gasteiger charge is 2.15. The number of methoxy groups -OCH3 is 1. The third kappa shape index (κ3) is 2.68.